The lowest BCUT2D eigenvalue weighted by Crippen LogP contribution is -2.51. The van der Waals surface area contributed by atoms with Crippen molar-refractivity contribution in [3.63, 3.8) is 0 Å². The molecule has 0 bridgehead atoms. The van der Waals surface area contributed by atoms with Gasteiger partial charge in [0.05, 0.1) is 5.92 Å². The fourth-order valence-electron chi connectivity index (χ4n) is 2.57. The zero-order valence-corrected chi connectivity index (χ0v) is 13.0. The molecule has 2 amide bonds. The van der Waals surface area contributed by atoms with E-state index in [0.717, 1.165) is 16.2 Å². The first kappa shape index (κ1) is 17.5. The highest BCUT2D eigenvalue weighted by molar-refractivity contribution is 7.09. The molecule has 1 aliphatic heterocycles. The van der Waals surface area contributed by atoms with E-state index in [1.54, 1.807) is 6.92 Å². The van der Waals surface area contributed by atoms with Crippen molar-refractivity contribution >= 4 is 23.3 Å². The van der Waals surface area contributed by atoms with E-state index in [1.807, 2.05) is 5.32 Å². The number of carboxylic acids is 1. The molecular formula is C13H16F3N3O3S. The number of piperidine rings is 1. The number of halogens is 3. The molecule has 0 spiro atoms. The monoisotopic (exact) mass is 351 g/mol. The van der Waals surface area contributed by atoms with Crippen molar-refractivity contribution in [2.45, 2.75) is 25.6 Å². The van der Waals surface area contributed by atoms with Crippen LogP contribution in [0, 0.1) is 11.8 Å². The van der Waals surface area contributed by atoms with Crippen LogP contribution >= 0.6 is 11.3 Å². The van der Waals surface area contributed by atoms with Crippen molar-refractivity contribution in [2.24, 2.45) is 11.8 Å². The van der Waals surface area contributed by atoms with Crippen molar-refractivity contribution in [2.75, 3.05) is 13.1 Å². The van der Waals surface area contributed by atoms with Crippen LogP contribution in [0.15, 0.2) is 11.6 Å². The lowest BCUT2D eigenvalue weighted by Gasteiger charge is -2.35. The average molecular weight is 351 g/mol. The van der Waals surface area contributed by atoms with Crippen LogP contribution in [0.5, 0.6) is 0 Å². The molecule has 0 aliphatic carbocycles. The van der Waals surface area contributed by atoms with Crippen molar-refractivity contribution in [1.29, 1.82) is 0 Å². The highest BCUT2D eigenvalue weighted by Gasteiger charge is 2.45. The fourth-order valence-corrected chi connectivity index (χ4v) is 3.28. The van der Waals surface area contributed by atoms with Gasteiger partial charge >= 0.3 is 18.2 Å². The largest absolute Gasteiger partial charge is 0.481 e. The maximum atomic E-state index is 13.1. The van der Waals surface area contributed by atoms with Gasteiger partial charge in [-0.1, -0.05) is 6.92 Å². The minimum absolute atomic E-state index is 0.0974. The quantitative estimate of drug-likeness (QED) is 0.877. The number of rotatable bonds is 3. The highest BCUT2D eigenvalue weighted by atomic mass is 32.1. The van der Waals surface area contributed by atoms with Crippen LogP contribution in [0.25, 0.3) is 0 Å². The summed E-state index contributed by atoms with van der Waals surface area (Å²) in [6.07, 6.45) is -3.05. The molecule has 6 nitrogen and oxygen atoms in total. The Kier molecular flexibility index (Phi) is 5.12. The van der Waals surface area contributed by atoms with Crippen molar-refractivity contribution < 1.29 is 27.9 Å². The Labute approximate surface area is 134 Å². The Morgan fingerprint density at radius 1 is 1.48 bits per heavy atom. The van der Waals surface area contributed by atoms with Gasteiger partial charge in [-0.15, -0.1) is 11.3 Å². The Hall–Kier alpha value is -1.84. The number of hydrogen-bond donors (Lipinski definition) is 2. The zero-order chi connectivity index (χ0) is 17.2. The van der Waals surface area contributed by atoms with Crippen LogP contribution in [-0.2, 0) is 4.79 Å². The predicted octanol–water partition coefficient (Wildman–Crippen LogP) is 2.50. The number of alkyl halides is 3. The SMILES string of the molecule is CC1CC(C(=O)O)CN(C(=O)NC(c2nccs2)C(F)(F)F)C1. The van der Waals surface area contributed by atoms with Gasteiger partial charge in [-0.2, -0.15) is 13.2 Å². The third kappa shape index (κ3) is 4.34. The van der Waals surface area contributed by atoms with Crippen LogP contribution in [0.1, 0.15) is 24.4 Å². The van der Waals surface area contributed by atoms with E-state index < -0.39 is 30.1 Å². The van der Waals surface area contributed by atoms with E-state index in [4.69, 9.17) is 5.11 Å². The number of amides is 2. The Morgan fingerprint density at radius 2 is 2.17 bits per heavy atom. The number of aromatic nitrogens is 1. The third-order valence-electron chi connectivity index (χ3n) is 3.59. The summed E-state index contributed by atoms with van der Waals surface area (Å²) in [6, 6.07) is -3.13. The summed E-state index contributed by atoms with van der Waals surface area (Å²) in [5.41, 5.74) is 0. The molecule has 1 saturated heterocycles. The van der Waals surface area contributed by atoms with Gasteiger partial charge in [-0.05, 0) is 12.3 Å². The summed E-state index contributed by atoms with van der Waals surface area (Å²) in [6.45, 7) is 1.88. The summed E-state index contributed by atoms with van der Waals surface area (Å²) in [7, 11) is 0. The van der Waals surface area contributed by atoms with Crippen molar-refractivity contribution in [3.05, 3.63) is 16.6 Å². The third-order valence-corrected chi connectivity index (χ3v) is 4.43. The van der Waals surface area contributed by atoms with Crippen LogP contribution in [0.3, 0.4) is 0 Å². The summed E-state index contributed by atoms with van der Waals surface area (Å²) >= 11 is 0.794. The molecule has 1 aliphatic rings. The number of aliphatic carboxylic acids is 1. The van der Waals surface area contributed by atoms with Crippen molar-refractivity contribution in [1.82, 2.24) is 15.2 Å². The highest BCUT2D eigenvalue weighted by Crippen LogP contribution is 2.34. The first-order valence-corrected chi connectivity index (χ1v) is 7.80. The second-order valence-corrected chi connectivity index (χ2v) is 6.50. The second-order valence-electron chi connectivity index (χ2n) is 5.58. The Morgan fingerprint density at radius 3 is 2.70 bits per heavy atom. The molecule has 2 heterocycles. The normalized spacial score (nSPS) is 23.4. The first-order chi connectivity index (χ1) is 10.7. The molecule has 3 atom stereocenters. The summed E-state index contributed by atoms with van der Waals surface area (Å²) in [5.74, 6) is -1.92. The van der Waals surface area contributed by atoms with Gasteiger partial charge in [0.15, 0.2) is 6.04 Å². The molecule has 1 aromatic rings. The molecule has 0 aromatic carbocycles. The minimum atomic E-state index is -4.68. The molecule has 128 valence electrons. The fraction of sp³-hybridized carbons (Fsp3) is 0.615. The summed E-state index contributed by atoms with van der Waals surface area (Å²) < 4.78 is 39.4. The van der Waals surface area contributed by atoms with Gasteiger partial charge in [0.25, 0.3) is 0 Å². The molecule has 23 heavy (non-hydrogen) atoms. The molecule has 0 radical (unpaired) electrons. The first-order valence-electron chi connectivity index (χ1n) is 6.92. The smallest absolute Gasteiger partial charge is 0.415 e. The van der Waals surface area contributed by atoms with E-state index in [1.165, 1.54) is 11.6 Å². The summed E-state index contributed by atoms with van der Waals surface area (Å²) in [4.78, 5) is 28.0. The topological polar surface area (TPSA) is 82.5 Å². The molecule has 1 aromatic heterocycles. The van der Waals surface area contributed by atoms with E-state index in [9.17, 15) is 22.8 Å². The number of carbonyl (C=O) groups excluding carboxylic acids is 1. The number of thiazole rings is 1. The van der Waals surface area contributed by atoms with Crippen LogP contribution in [0.2, 0.25) is 0 Å². The number of carboxylic acid groups (broad SMARTS) is 1. The second kappa shape index (κ2) is 6.73. The van der Waals surface area contributed by atoms with Crippen LogP contribution < -0.4 is 5.32 Å². The van der Waals surface area contributed by atoms with Gasteiger partial charge < -0.3 is 15.3 Å². The molecule has 3 unspecified atom stereocenters. The van der Waals surface area contributed by atoms with Gasteiger partial charge in [0.2, 0.25) is 0 Å². The van der Waals surface area contributed by atoms with Gasteiger partial charge in [0, 0.05) is 24.7 Å². The molecule has 2 rings (SSSR count). The van der Waals surface area contributed by atoms with E-state index in [-0.39, 0.29) is 24.0 Å². The average Bonchev–Trinajstić information content (AvgIpc) is 2.96. The van der Waals surface area contributed by atoms with Gasteiger partial charge in [-0.25, -0.2) is 9.78 Å². The maximum absolute atomic E-state index is 13.1. The molecule has 2 N–H and O–H groups in total. The number of hydrogen-bond acceptors (Lipinski definition) is 4. The molecule has 10 heteroatoms. The number of nitrogens with one attached hydrogen (secondary N) is 1. The number of carbonyl (C=O) groups is 2. The predicted molar refractivity (Wildman–Crippen MR) is 75.9 cm³/mol. The van der Waals surface area contributed by atoms with Gasteiger partial charge in [0.1, 0.15) is 5.01 Å². The Balaban J connectivity index is 2.11. The number of urea groups is 1. The molecule has 1 fully saturated rings. The van der Waals surface area contributed by atoms with Crippen LogP contribution in [-0.4, -0.2) is 46.3 Å². The Bertz CT molecular complexity index is 565. The molecular weight excluding hydrogens is 335 g/mol. The van der Waals surface area contributed by atoms with Gasteiger partial charge in [-0.3, -0.25) is 4.79 Å². The van der Waals surface area contributed by atoms with E-state index in [2.05, 4.69) is 4.98 Å². The van der Waals surface area contributed by atoms with Crippen LogP contribution in [0.4, 0.5) is 18.0 Å². The lowest BCUT2D eigenvalue weighted by atomic mass is 9.91. The standard InChI is InChI=1S/C13H16F3N3O3S/c1-7-4-8(11(20)21)6-19(5-7)12(22)18-9(13(14,15)16)10-17-2-3-23-10/h2-3,7-9H,4-6H2,1H3,(H,18,22)(H,20,21). The number of nitrogens with zero attached hydrogens (tertiary/aromatic N) is 2. The van der Waals surface area contributed by atoms with Crippen molar-refractivity contribution in [3.8, 4) is 0 Å². The lowest BCUT2D eigenvalue weighted by molar-refractivity contribution is -0.156. The summed E-state index contributed by atoms with van der Waals surface area (Å²) in [5, 5.41) is 12.1. The maximum Gasteiger partial charge on any atom is 0.415 e. The molecule has 0 saturated carbocycles. The zero-order valence-electron chi connectivity index (χ0n) is 12.2. The van der Waals surface area contributed by atoms with E-state index >= 15 is 0 Å². The minimum Gasteiger partial charge on any atom is -0.481 e. The number of likely N-dealkylation sites (tertiary alicyclic amines) is 1. The van der Waals surface area contributed by atoms with E-state index in [0.29, 0.717) is 6.42 Å².